The Morgan fingerprint density at radius 2 is 1.89 bits per heavy atom. The second kappa shape index (κ2) is 11.3. The number of amides is 2. The molecule has 8 nitrogen and oxygen atoms in total. The molecular weight excluding hydrogens is 489 g/mol. The second-order valence-corrected chi connectivity index (χ2v) is 9.58. The molecule has 3 rings (SSSR count). The number of carbonyl (C=O) groups is 3. The Hall–Kier alpha value is -2.81. The van der Waals surface area contributed by atoms with Gasteiger partial charge < -0.3 is 16.1 Å². The van der Waals surface area contributed by atoms with E-state index in [0.717, 1.165) is 13.0 Å². The van der Waals surface area contributed by atoms with E-state index in [0.29, 0.717) is 29.0 Å². The van der Waals surface area contributed by atoms with Crippen LogP contribution in [0.1, 0.15) is 47.9 Å². The van der Waals surface area contributed by atoms with Crippen LogP contribution < -0.4 is 11.2 Å². The molecule has 0 bridgehead atoms. The first-order valence-corrected chi connectivity index (χ1v) is 12.2. The average Bonchev–Trinajstić information content (AvgIpc) is 3.14. The van der Waals surface area contributed by atoms with Gasteiger partial charge in [0.15, 0.2) is 0 Å². The molecule has 1 aliphatic heterocycles. The molecule has 1 aromatic heterocycles. The number of aromatic nitrogens is 1. The number of fused-ring (bicyclic) bond motifs is 1. The van der Waals surface area contributed by atoms with Crippen LogP contribution in [-0.4, -0.2) is 70.8 Å². The van der Waals surface area contributed by atoms with E-state index in [-0.39, 0.29) is 34.1 Å². The topological polar surface area (TPSA) is 101 Å². The number of hydrogen-bond donors (Lipinski definition) is 2. The first kappa shape index (κ1) is 26.8. The number of benzene rings is 1. The van der Waals surface area contributed by atoms with Crippen molar-refractivity contribution >= 4 is 51.7 Å². The maximum atomic E-state index is 13.6. The lowest BCUT2D eigenvalue weighted by molar-refractivity contribution is -0.116. The summed E-state index contributed by atoms with van der Waals surface area (Å²) >= 11 is 12.6. The monoisotopic (exact) mass is 519 g/mol. The average molecular weight is 520 g/mol. The summed E-state index contributed by atoms with van der Waals surface area (Å²) in [5.41, 5.74) is 0.836. The van der Waals surface area contributed by atoms with Gasteiger partial charge in [-0.1, -0.05) is 35.4 Å². The van der Waals surface area contributed by atoms with Crippen LogP contribution in [-0.2, 0) is 4.79 Å². The molecule has 0 spiro atoms. The molecule has 2 atom stereocenters. The molecule has 0 saturated carbocycles. The fourth-order valence-corrected chi connectivity index (χ4v) is 4.87. The Morgan fingerprint density at radius 1 is 1.17 bits per heavy atom. The summed E-state index contributed by atoms with van der Waals surface area (Å²) < 4.78 is 1.23. The predicted molar refractivity (Wildman–Crippen MR) is 140 cm³/mol. The molecule has 1 aromatic carbocycles. The summed E-state index contributed by atoms with van der Waals surface area (Å²) in [5, 5.41) is 3.67. The summed E-state index contributed by atoms with van der Waals surface area (Å²) in [7, 11) is 1.38. The zero-order chi connectivity index (χ0) is 25.9. The van der Waals surface area contributed by atoms with Gasteiger partial charge in [-0.2, -0.15) is 0 Å². The SMILES string of the molecule is C/C=C\C(Cl)=C/CCN1CC(C)N(C(=O)c2cc3c(C(=O)C(=O)NC)cn(N)c3cc2Cl)C[C@@H]1C. The quantitative estimate of drug-likeness (QED) is 0.252. The first-order chi connectivity index (χ1) is 16.6. The number of Topliss-reactive ketones (excluding diaryl/α,β-unsaturated/α-hetero) is 1. The zero-order valence-corrected chi connectivity index (χ0v) is 21.9. The highest BCUT2D eigenvalue weighted by Gasteiger charge is 2.33. The van der Waals surface area contributed by atoms with Gasteiger partial charge in [0, 0.05) is 55.4 Å². The van der Waals surface area contributed by atoms with Gasteiger partial charge in [-0.25, -0.2) is 0 Å². The fourth-order valence-electron chi connectivity index (χ4n) is 4.39. The maximum absolute atomic E-state index is 13.6. The van der Waals surface area contributed by atoms with Crippen LogP contribution in [0.15, 0.2) is 41.6 Å². The number of nitrogens with one attached hydrogen (secondary N) is 1. The Morgan fingerprint density at radius 3 is 2.54 bits per heavy atom. The Bertz CT molecular complexity index is 1200. The Kier molecular flexibility index (Phi) is 8.64. The summed E-state index contributed by atoms with van der Waals surface area (Å²) in [5.74, 6) is 4.26. The molecule has 188 valence electrons. The van der Waals surface area contributed by atoms with E-state index >= 15 is 0 Å². The minimum Gasteiger partial charge on any atom is -0.352 e. The minimum absolute atomic E-state index is 0.0495. The predicted octanol–water partition coefficient (Wildman–Crippen LogP) is 3.56. The minimum atomic E-state index is -0.763. The molecule has 35 heavy (non-hydrogen) atoms. The van der Waals surface area contributed by atoms with E-state index in [1.54, 1.807) is 17.0 Å². The normalized spacial score (nSPS) is 19.5. The van der Waals surface area contributed by atoms with E-state index in [4.69, 9.17) is 29.0 Å². The molecule has 1 fully saturated rings. The van der Waals surface area contributed by atoms with E-state index in [1.165, 1.54) is 17.9 Å². The molecule has 2 amide bonds. The highest BCUT2D eigenvalue weighted by atomic mass is 35.5. The fraction of sp³-hybridized carbons (Fsp3) is 0.400. The van der Waals surface area contributed by atoms with Crippen LogP contribution in [0.2, 0.25) is 5.02 Å². The van der Waals surface area contributed by atoms with Gasteiger partial charge in [0.05, 0.1) is 21.7 Å². The third kappa shape index (κ3) is 5.72. The second-order valence-electron chi connectivity index (χ2n) is 8.74. The van der Waals surface area contributed by atoms with Crippen molar-refractivity contribution < 1.29 is 14.4 Å². The lowest BCUT2D eigenvalue weighted by Crippen LogP contribution is -2.58. The highest BCUT2D eigenvalue weighted by molar-refractivity contribution is 6.45. The largest absolute Gasteiger partial charge is 0.352 e. The molecule has 1 aliphatic rings. The highest BCUT2D eigenvalue weighted by Crippen LogP contribution is 2.30. The third-order valence-corrected chi connectivity index (χ3v) is 6.88. The van der Waals surface area contributed by atoms with Crippen LogP contribution in [0.3, 0.4) is 0 Å². The third-order valence-electron chi connectivity index (χ3n) is 6.29. The van der Waals surface area contributed by atoms with Crippen LogP contribution in [0.5, 0.6) is 0 Å². The number of nitrogen functional groups attached to an aromatic ring is 1. The molecule has 1 saturated heterocycles. The molecule has 10 heteroatoms. The van der Waals surface area contributed by atoms with Gasteiger partial charge in [-0.3, -0.25) is 24.0 Å². The van der Waals surface area contributed by atoms with Gasteiger partial charge >= 0.3 is 0 Å². The molecule has 0 aliphatic carbocycles. The number of hydrogen-bond acceptors (Lipinski definition) is 5. The molecule has 2 heterocycles. The van der Waals surface area contributed by atoms with Crippen molar-refractivity contribution in [1.29, 1.82) is 0 Å². The number of ketones is 1. The van der Waals surface area contributed by atoms with Crippen LogP contribution >= 0.6 is 23.2 Å². The summed E-state index contributed by atoms with van der Waals surface area (Å²) in [6.07, 6.45) is 7.93. The number of halogens is 2. The van der Waals surface area contributed by atoms with Crippen molar-refractivity contribution in [3.05, 3.63) is 57.7 Å². The zero-order valence-electron chi connectivity index (χ0n) is 20.3. The first-order valence-electron chi connectivity index (χ1n) is 11.5. The number of piperazine rings is 1. The molecular formula is C25H31Cl2N5O3. The molecule has 1 unspecified atom stereocenters. The lowest BCUT2D eigenvalue weighted by Gasteiger charge is -2.44. The van der Waals surface area contributed by atoms with Gasteiger partial charge in [-0.15, -0.1) is 0 Å². The molecule has 2 aromatic rings. The van der Waals surface area contributed by atoms with Crippen LogP contribution in [0.4, 0.5) is 0 Å². The standard InChI is InChI=1S/C25H31Cl2N5O3/c1-5-7-17(26)8-6-9-30-12-16(3)31(13-15(30)2)25(35)19-10-18-20(23(33)24(34)29-4)14-32(28)22(18)11-21(19)27/h5,7-8,10-11,14-16H,6,9,12-13,28H2,1-4H3,(H,29,34)/b7-5-,17-8+/t15-,16?/m0/s1. The Balaban J connectivity index is 1.83. The van der Waals surface area contributed by atoms with Crippen LogP contribution in [0, 0.1) is 0 Å². The summed E-state index contributed by atoms with van der Waals surface area (Å²) in [4.78, 5) is 42.2. The van der Waals surface area contributed by atoms with Crippen molar-refractivity contribution in [2.75, 3.05) is 32.5 Å². The summed E-state index contributed by atoms with van der Waals surface area (Å²) in [6.45, 7) is 8.09. The van der Waals surface area contributed by atoms with Gasteiger partial charge in [0.1, 0.15) is 0 Å². The van der Waals surface area contributed by atoms with E-state index < -0.39 is 11.7 Å². The molecule has 0 radical (unpaired) electrons. The van der Waals surface area contributed by atoms with Crippen molar-refractivity contribution in [2.45, 2.75) is 39.3 Å². The smallest absolute Gasteiger partial charge is 0.292 e. The van der Waals surface area contributed by atoms with Gasteiger partial charge in [-0.05, 0) is 45.4 Å². The number of rotatable bonds is 7. The number of carbonyl (C=O) groups excluding carboxylic acids is 3. The van der Waals surface area contributed by atoms with Crippen molar-refractivity contribution in [3.8, 4) is 0 Å². The maximum Gasteiger partial charge on any atom is 0.292 e. The number of allylic oxidation sites excluding steroid dienone is 3. The van der Waals surface area contributed by atoms with Crippen molar-refractivity contribution in [2.24, 2.45) is 0 Å². The van der Waals surface area contributed by atoms with Gasteiger partial charge in [0.2, 0.25) is 0 Å². The van der Waals surface area contributed by atoms with Gasteiger partial charge in [0.25, 0.3) is 17.6 Å². The summed E-state index contributed by atoms with van der Waals surface area (Å²) in [6, 6.07) is 3.20. The molecule has 3 N–H and O–H groups in total. The van der Waals surface area contributed by atoms with E-state index in [9.17, 15) is 14.4 Å². The van der Waals surface area contributed by atoms with E-state index in [2.05, 4.69) is 17.1 Å². The number of likely N-dealkylation sites (N-methyl/N-ethyl adjacent to an activating group) is 1. The number of nitrogens with zero attached hydrogens (tertiary/aromatic N) is 3. The van der Waals surface area contributed by atoms with Crippen molar-refractivity contribution in [1.82, 2.24) is 19.8 Å². The Labute approximate surface area is 215 Å². The van der Waals surface area contributed by atoms with Crippen LogP contribution in [0.25, 0.3) is 10.9 Å². The van der Waals surface area contributed by atoms with E-state index in [1.807, 2.05) is 32.1 Å². The van der Waals surface area contributed by atoms with Crippen molar-refractivity contribution in [3.63, 3.8) is 0 Å². The number of nitrogens with two attached hydrogens (primary N) is 1. The lowest BCUT2D eigenvalue weighted by atomic mass is 10.0.